The summed E-state index contributed by atoms with van der Waals surface area (Å²) in [4.78, 5) is 13.5. The molecule has 3 nitrogen and oxygen atoms in total. The number of nitrogens with one attached hydrogen (secondary N) is 1. The van der Waals surface area contributed by atoms with Gasteiger partial charge in [0.2, 0.25) is 5.91 Å². The molecule has 0 fully saturated rings. The standard InChI is InChI=1S/C9H20N2OS/c1-9(2,10-3)8(12)11(4)6-7-13-5/h10H,6-7H2,1-5H3. The second-order valence-corrected chi connectivity index (χ2v) is 4.58. The van der Waals surface area contributed by atoms with Gasteiger partial charge in [-0.25, -0.2) is 0 Å². The molecule has 0 atom stereocenters. The number of rotatable bonds is 5. The van der Waals surface area contributed by atoms with Crippen LogP contribution in [-0.4, -0.2) is 49.0 Å². The van der Waals surface area contributed by atoms with Gasteiger partial charge in [0.15, 0.2) is 0 Å². The fraction of sp³-hybridized carbons (Fsp3) is 0.889. The van der Waals surface area contributed by atoms with Crippen LogP contribution in [-0.2, 0) is 4.79 Å². The number of hydrogen-bond donors (Lipinski definition) is 1. The van der Waals surface area contributed by atoms with E-state index in [1.807, 2.05) is 27.2 Å². The summed E-state index contributed by atoms with van der Waals surface area (Å²) in [6.07, 6.45) is 2.04. The molecular formula is C9H20N2OS. The predicted molar refractivity (Wildman–Crippen MR) is 59.2 cm³/mol. The molecule has 0 heterocycles. The highest BCUT2D eigenvalue weighted by Crippen LogP contribution is 2.06. The van der Waals surface area contributed by atoms with Gasteiger partial charge in [0.1, 0.15) is 0 Å². The number of hydrogen-bond acceptors (Lipinski definition) is 3. The smallest absolute Gasteiger partial charge is 0.242 e. The van der Waals surface area contributed by atoms with Gasteiger partial charge in [-0.05, 0) is 27.2 Å². The summed E-state index contributed by atoms with van der Waals surface area (Å²) >= 11 is 1.75. The first kappa shape index (κ1) is 12.8. The maximum absolute atomic E-state index is 11.8. The van der Waals surface area contributed by atoms with E-state index in [4.69, 9.17) is 0 Å². The molecule has 0 radical (unpaired) electrons. The SMILES string of the molecule is CNC(C)(C)C(=O)N(C)CCSC. The Hall–Kier alpha value is -0.220. The van der Waals surface area contributed by atoms with Gasteiger partial charge >= 0.3 is 0 Å². The third kappa shape index (κ3) is 4.00. The van der Waals surface area contributed by atoms with Gasteiger partial charge in [0.25, 0.3) is 0 Å². The minimum atomic E-state index is -0.451. The minimum absolute atomic E-state index is 0.143. The van der Waals surface area contributed by atoms with Crippen LogP contribution in [0.15, 0.2) is 0 Å². The zero-order chi connectivity index (χ0) is 10.5. The summed E-state index contributed by atoms with van der Waals surface area (Å²) in [5.74, 6) is 1.13. The first-order valence-electron chi connectivity index (χ1n) is 4.39. The Morgan fingerprint density at radius 3 is 2.46 bits per heavy atom. The van der Waals surface area contributed by atoms with Gasteiger partial charge in [-0.3, -0.25) is 4.79 Å². The Labute approximate surface area is 85.3 Å². The number of carbonyl (C=O) groups excluding carboxylic acids is 1. The van der Waals surface area contributed by atoms with Crippen LogP contribution >= 0.6 is 11.8 Å². The van der Waals surface area contributed by atoms with Gasteiger partial charge in [-0.2, -0.15) is 11.8 Å². The minimum Gasteiger partial charge on any atom is -0.343 e. The Balaban J connectivity index is 4.09. The molecule has 0 rings (SSSR count). The van der Waals surface area contributed by atoms with Crippen molar-refractivity contribution in [1.29, 1.82) is 0 Å². The lowest BCUT2D eigenvalue weighted by atomic mass is 10.0. The number of carbonyl (C=O) groups is 1. The maximum Gasteiger partial charge on any atom is 0.242 e. The van der Waals surface area contributed by atoms with Crippen LogP contribution in [0.2, 0.25) is 0 Å². The quantitative estimate of drug-likeness (QED) is 0.719. The molecular weight excluding hydrogens is 184 g/mol. The monoisotopic (exact) mass is 204 g/mol. The Morgan fingerprint density at radius 2 is 2.08 bits per heavy atom. The molecule has 0 unspecified atom stereocenters. The Morgan fingerprint density at radius 1 is 1.54 bits per heavy atom. The molecule has 4 heteroatoms. The Kier molecular flexibility index (Phi) is 5.40. The summed E-state index contributed by atoms with van der Waals surface area (Å²) in [5, 5.41) is 3.00. The molecule has 13 heavy (non-hydrogen) atoms. The average Bonchev–Trinajstić information content (AvgIpc) is 2.12. The Bertz CT molecular complexity index is 171. The van der Waals surface area contributed by atoms with E-state index in [9.17, 15) is 4.79 Å². The van der Waals surface area contributed by atoms with Crippen molar-refractivity contribution in [3.8, 4) is 0 Å². The predicted octanol–water partition coefficient (Wildman–Crippen LogP) is 0.806. The summed E-state index contributed by atoms with van der Waals surface area (Å²) < 4.78 is 0. The van der Waals surface area contributed by atoms with Gasteiger partial charge in [0.05, 0.1) is 5.54 Å². The molecule has 0 aliphatic rings. The van der Waals surface area contributed by atoms with Crippen molar-refractivity contribution in [2.75, 3.05) is 32.6 Å². The van der Waals surface area contributed by atoms with Crippen molar-refractivity contribution >= 4 is 17.7 Å². The van der Waals surface area contributed by atoms with Crippen LogP contribution in [0.1, 0.15) is 13.8 Å². The molecule has 0 saturated carbocycles. The summed E-state index contributed by atoms with van der Waals surface area (Å²) in [7, 11) is 3.65. The van der Waals surface area contributed by atoms with Crippen molar-refractivity contribution in [2.45, 2.75) is 19.4 Å². The molecule has 0 aliphatic heterocycles. The van der Waals surface area contributed by atoms with Crippen LogP contribution in [0, 0.1) is 0 Å². The van der Waals surface area contributed by atoms with Gasteiger partial charge in [0, 0.05) is 19.3 Å². The second kappa shape index (κ2) is 5.50. The lowest BCUT2D eigenvalue weighted by molar-refractivity contribution is -0.135. The van der Waals surface area contributed by atoms with E-state index in [-0.39, 0.29) is 5.91 Å². The first-order chi connectivity index (χ1) is 5.95. The van der Waals surface area contributed by atoms with E-state index in [1.165, 1.54) is 0 Å². The van der Waals surface area contributed by atoms with Crippen molar-refractivity contribution in [3.05, 3.63) is 0 Å². The van der Waals surface area contributed by atoms with Crippen LogP contribution < -0.4 is 5.32 Å². The topological polar surface area (TPSA) is 32.3 Å². The molecule has 0 bridgehead atoms. The highest BCUT2D eigenvalue weighted by Gasteiger charge is 2.27. The third-order valence-corrected chi connectivity index (χ3v) is 2.73. The van der Waals surface area contributed by atoms with Crippen LogP contribution in [0.25, 0.3) is 0 Å². The molecule has 0 spiro atoms. The van der Waals surface area contributed by atoms with E-state index < -0.39 is 5.54 Å². The fourth-order valence-electron chi connectivity index (χ4n) is 0.914. The fourth-order valence-corrected chi connectivity index (χ4v) is 1.37. The molecule has 0 aromatic rings. The molecule has 0 saturated heterocycles. The second-order valence-electron chi connectivity index (χ2n) is 3.59. The lowest BCUT2D eigenvalue weighted by Crippen LogP contribution is -2.52. The van der Waals surface area contributed by atoms with E-state index >= 15 is 0 Å². The highest BCUT2D eigenvalue weighted by molar-refractivity contribution is 7.98. The van der Waals surface area contributed by atoms with E-state index in [2.05, 4.69) is 5.32 Å². The van der Waals surface area contributed by atoms with Crippen LogP contribution in [0.4, 0.5) is 0 Å². The number of thioether (sulfide) groups is 1. The summed E-state index contributed by atoms with van der Waals surface area (Å²) in [5.41, 5.74) is -0.451. The molecule has 1 amide bonds. The number of likely N-dealkylation sites (N-methyl/N-ethyl adjacent to an activating group) is 2. The molecule has 78 valence electrons. The van der Waals surface area contributed by atoms with Crippen molar-refractivity contribution in [2.24, 2.45) is 0 Å². The average molecular weight is 204 g/mol. The third-order valence-electron chi connectivity index (χ3n) is 2.14. The van der Waals surface area contributed by atoms with Crippen LogP contribution in [0.5, 0.6) is 0 Å². The number of amides is 1. The summed E-state index contributed by atoms with van der Waals surface area (Å²) in [6, 6.07) is 0. The zero-order valence-corrected chi connectivity index (χ0v) is 9.99. The highest BCUT2D eigenvalue weighted by atomic mass is 32.2. The van der Waals surface area contributed by atoms with Gasteiger partial charge in [-0.1, -0.05) is 0 Å². The van der Waals surface area contributed by atoms with Crippen molar-refractivity contribution in [1.82, 2.24) is 10.2 Å². The van der Waals surface area contributed by atoms with E-state index in [0.717, 1.165) is 12.3 Å². The normalized spacial score (nSPS) is 11.5. The number of nitrogens with zero attached hydrogens (tertiary/aromatic N) is 1. The van der Waals surface area contributed by atoms with Crippen LogP contribution in [0.3, 0.4) is 0 Å². The van der Waals surface area contributed by atoms with Gasteiger partial charge in [-0.15, -0.1) is 0 Å². The first-order valence-corrected chi connectivity index (χ1v) is 5.78. The molecule has 0 aliphatic carbocycles. The molecule has 1 N–H and O–H groups in total. The zero-order valence-electron chi connectivity index (χ0n) is 9.18. The molecule has 0 aromatic heterocycles. The van der Waals surface area contributed by atoms with Gasteiger partial charge < -0.3 is 10.2 Å². The van der Waals surface area contributed by atoms with E-state index in [1.54, 1.807) is 23.7 Å². The summed E-state index contributed by atoms with van der Waals surface area (Å²) in [6.45, 7) is 4.60. The maximum atomic E-state index is 11.8. The van der Waals surface area contributed by atoms with E-state index in [0.29, 0.717) is 0 Å². The van der Waals surface area contributed by atoms with Crippen molar-refractivity contribution < 1.29 is 4.79 Å². The largest absolute Gasteiger partial charge is 0.343 e. The lowest BCUT2D eigenvalue weighted by Gasteiger charge is -2.28. The van der Waals surface area contributed by atoms with Crippen molar-refractivity contribution in [3.63, 3.8) is 0 Å². The molecule has 0 aromatic carbocycles.